The molecule has 6 heteroatoms. The van der Waals surface area contributed by atoms with Crippen LogP contribution in [0.3, 0.4) is 0 Å². The van der Waals surface area contributed by atoms with Crippen LogP contribution in [0.15, 0.2) is 24.3 Å². The van der Waals surface area contributed by atoms with Gasteiger partial charge in [0.2, 0.25) is 5.91 Å². The van der Waals surface area contributed by atoms with Crippen molar-refractivity contribution in [1.29, 1.82) is 0 Å². The number of amides is 1. The number of carbonyl (C=O) groups is 1. The molecule has 1 atom stereocenters. The van der Waals surface area contributed by atoms with Crippen LogP contribution in [0.4, 0.5) is 5.69 Å². The van der Waals surface area contributed by atoms with E-state index in [2.05, 4.69) is 49.7 Å². The highest BCUT2D eigenvalue weighted by molar-refractivity contribution is 14.1. The number of carbonyl (C=O) groups excluding carboxylic acids is 1. The first-order valence-corrected chi connectivity index (χ1v) is 9.88. The molecule has 1 aromatic rings. The number of hydrogen-bond acceptors (Lipinski definition) is 4. The van der Waals surface area contributed by atoms with Crippen molar-refractivity contribution in [2.24, 2.45) is 0 Å². The SMILES string of the molecule is CN1CCCC(N2CCN(CC(=O)Nc3ccc(I)cc3)CC2)C1. The minimum Gasteiger partial charge on any atom is -0.325 e. The van der Waals surface area contributed by atoms with Gasteiger partial charge in [-0.05, 0) is 73.3 Å². The second-order valence-corrected chi connectivity index (χ2v) is 8.17. The molecule has 24 heavy (non-hydrogen) atoms. The Labute approximate surface area is 158 Å². The predicted molar refractivity (Wildman–Crippen MR) is 106 cm³/mol. The number of piperidine rings is 1. The van der Waals surface area contributed by atoms with E-state index in [4.69, 9.17) is 0 Å². The van der Waals surface area contributed by atoms with Crippen molar-refractivity contribution >= 4 is 34.2 Å². The average molecular weight is 442 g/mol. The van der Waals surface area contributed by atoms with E-state index in [9.17, 15) is 4.79 Å². The van der Waals surface area contributed by atoms with Crippen molar-refractivity contribution in [3.05, 3.63) is 27.8 Å². The molecule has 0 aliphatic carbocycles. The maximum absolute atomic E-state index is 12.2. The minimum atomic E-state index is 0.0852. The molecule has 0 bridgehead atoms. The number of halogens is 1. The van der Waals surface area contributed by atoms with Crippen LogP contribution in [0.5, 0.6) is 0 Å². The van der Waals surface area contributed by atoms with E-state index in [1.165, 1.54) is 29.5 Å². The van der Waals surface area contributed by atoms with Gasteiger partial charge in [0.05, 0.1) is 6.54 Å². The summed E-state index contributed by atoms with van der Waals surface area (Å²) in [5.74, 6) is 0.0852. The van der Waals surface area contributed by atoms with Crippen LogP contribution in [-0.2, 0) is 4.79 Å². The lowest BCUT2D eigenvalue weighted by Crippen LogP contribution is -2.55. The third-order valence-corrected chi connectivity index (χ3v) is 5.74. The standard InChI is InChI=1S/C18H27IN4O/c1-21-8-2-3-17(13-21)23-11-9-22(10-12-23)14-18(24)20-16-6-4-15(19)5-7-16/h4-7,17H,2-3,8-14H2,1H3,(H,20,24). The van der Waals surface area contributed by atoms with Gasteiger partial charge in [-0.3, -0.25) is 14.6 Å². The van der Waals surface area contributed by atoms with Gasteiger partial charge in [0.1, 0.15) is 0 Å². The van der Waals surface area contributed by atoms with Gasteiger partial charge < -0.3 is 10.2 Å². The zero-order valence-electron chi connectivity index (χ0n) is 14.4. The fraction of sp³-hybridized carbons (Fsp3) is 0.611. The van der Waals surface area contributed by atoms with Gasteiger partial charge in [0.15, 0.2) is 0 Å². The maximum atomic E-state index is 12.2. The van der Waals surface area contributed by atoms with E-state index in [-0.39, 0.29) is 5.91 Å². The van der Waals surface area contributed by atoms with Gasteiger partial charge in [0, 0.05) is 48.0 Å². The van der Waals surface area contributed by atoms with Gasteiger partial charge in [-0.1, -0.05) is 0 Å². The summed E-state index contributed by atoms with van der Waals surface area (Å²) in [5, 5.41) is 2.99. The monoisotopic (exact) mass is 442 g/mol. The predicted octanol–water partition coefficient (Wildman–Crippen LogP) is 1.94. The number of piperazine rings is 1. The topological polar surface area (TPSA) is 38.8 Å². The van der Waals surface area contributed by atoms with Crippen LogP contribution >= 0.6 is 22.6 Å². The first-order chi connectivity index (χ1) is 11.6. The van der Waals surface area contributed by atoms with Crippen LogP contribution in [-0.4, -0.2) is 79.5 Å². The highest BCUT2D eigenvalue weighted by Crippen LogP contribution is 2.17. The molecule has 0 aromatic heterocycles. The van der Waals surface area contributed by atoms with Crippen molar-refractivity contribution in [2.75, 3.05) is 58.2 Å². The van der Waals surface area contributed by atoms with Crippen LogP contribution < -0.4 is 5.32 Å². The number of rotatable bonds is 4. The number of likely N-dealkylation sites (tertiary alicyclic amines) is 1. The van der Waals surface area contributed by atoms with Gasteiger partial charge in [0.25, 0.3) is 0 Å². The fourth-order valence-electron chi connectivity index (χ4n) is 3.66. The van der Waals surface area contributed by atoms with Crippen molar-refractivity contribution in [2.45, 2.75) is 18.9 Å². The van der Waals surface area contributed by atoms with E-state index in [0.29, 0.717) is 12.6 Å². The number of anilines is 1. The fourth-order valence-corrected chi connectivity index (χ4v) is 4.02. The molecular formula is C18H27IN4O. The molecule has 1 amide bonds. The average Bonchev–Trinajstić information content (AvgIpc) is 2.58. The molecule has 2 aliphatic heterocycles. The van der Waals surface area contributed by atoms with Gasteiger partial charge >= 0.3 is 0 Å². The van der Waals surface area contributed by atoms with E-state index in [1.807, 2.05) is 24.3 Å². The van der Waals surface area contributed by atoms with Gasteiger partial charge in [-0.25, -0.2) is 0 Å². The molecule has 1 unspecified atom stereocenters. The number of hydrogen-bond donors (Lipinski definition) is 1. The number of benzene rings is 1. The summed E-state index contributed by atoms with van der Waals surface area (Å²) in [4.78, 5) is 19.5. The van der Waals surface area contributed by atoms with Crippen molar-refractivity contribution in [3.63, 3.8) is 0 Å². The van der Waals surface area contributed by atoms with E-state index in [0.717, 1.165) is 31.9 Å². The molecule has 2 saturated heterocycles. The van der Waals surface area contributed by atoms with Gasteiger partial charge in [-0.15, -0.1) is 0 Å². The summed E-state index contributed by atoms with van der Waals surface area (Å²) >= 11 is 2.27. The Kier molecular flexibility index (Phi) is 6.49. The normalized spacial score (nSPS) is 24.0. The highest BCUT2D eigenvalue weighted by atomic mass is 127. The van der Waals surface area contributed by atoms with Crippen LogP contribution in [0.2, 0.25) is 0 Å². The summed E-state index contributed by atoms with van der Waals surface area (Å²) in [6, 6.07) is 8.63. The molecule has 0 radical (unpaired) electrons. The molecular weight excluding hydrogens is 415 g/mol. The lowest BCUT2D eigenvalue weighted by atomic mass is 10.0. The smallest absolute Gasteiger partial charge is 0.238 e. The summed E-state index contributed by atoms with van der Waals surface area (Å²) in [6.45, 7) is 7.04. The lowest BCUT2D eigenvalue weighted by Gasteiger charge is -2.42. The van der Waals surface area contributed by atoms with Crippen molar-refractivity contribution < 1.29 is 4.79 Å². The number of likely N-dealkylation sites (N-methyl/N-ethyl adjacent to an activating group) is 1. The van der Waals surface area contributed by atoms with Crippen LogP contribution in [0.1, 0.15) is 12.8 Å². The molecule has 5 nitrogen and oxygen atoms in total. The molecule has 0 spiro atoms. The Morgan fingerprint density at radius 1 is 1.17 bits per heavy atom. The maximum Gasteiger partial charge on any atom is 0.238 e. The summed E-state index contributed by atoms with van der Waals surface area (Å²) in [7, 11) is 2.22. The second-order valence-electron chi connectivity index (χ2n) is 6.93. The largest absolute Gasteiger partial charge is 0.325 e. The molecule has 132 valence electrons. The zero-order valence-corrected chi connectivity index (χ0v) is 16.5. The first-order valence-electron chi connectivity index (χ1n) is 8.80. The molecule has 1 aromatic carbocycles. The zero-order chi connectivity index (χ0) is 16.9. The second kappa shape index (κ2) is 8.60. The Bertz CT molecular complexity index is 542. The van der Waals surface area contributed by atoms with E-state index < -0.39 is 0 Å². The minimum absolute atomic E-state index is 0.0852. The number of nitrogens with zero attached hydrogens (tertiary/aromatic N) is 3. The Morgan fingerprint density at radius 3 is 2.54 bits per heavy atom. The van der Waals surface area contributed by atoms with E-state index >= 15 is 0 Å². The summed E-state index contributed by atoms with van der Waals surface area (Å²) < 4.78 is 1.18. The van der Waals surface area contributed by atoms with Gasteiger partial charge in [-0.2, -0.15) is 0 Å². The summed E-state index contributed by atoms with van der Waals surface area (Å²) in [5.41, 5.74) is 0.879. The molecule has 0 saturated carbocycles. The van der Waals surface area contributed by atoms with Crippen molar-refractivity contribution in [3.8, 4) is 0 Å². The third-order valence-electron chi connectivity index (χ3n) is 5.02. The first kappa shape index (κ1) is 18.1. The quantitative estimate of drug-likeness (QED) is 0.724. The molecule has 2 fully saturated rings. The highest BCUT2D eigenvalue weighted by Gasteiger charge is 2.27. The molecule has 3 rings (SSSR count). The Morgan fingerprint density at radius 2 is 1.88 bits per heavy atom. The van der Waals surface area contributed by atoms with Crippen molar-refractivity contribution in [1.82, 2.24) is 14.7 Å². The van der Waals surface area contributed by atoms with Crippen LogP contribution in [0, 0.1) is 3.57 Å². The molecule has 2 aliphatic rings. The molecule has 2 heterocycles. The van der Waals surface area contributed by atoms with E-state index in [1.54, 1.807) is 0 Å². The van der Waals surface area contributed by atoms with Crippen LogP contribution in [0.25, 0.3) is 0 Å². The Balaban J connectivity index is 1.41. The Hall–Kier alpha value is -0.700. The third kappa shape index (κ3) is 5.15. The lowest BCUT2D eigenvalue weighted by molar-refractivity contribution is -0.117. The molecule has 1 N–H and O–H groups in total. The summed E-state index contributed by atoms with van der Waals surface area (Å²) in [6.07, 6.45) is 2.62. The number of nitrogens with one attached hydrogen (secondary N) is 1.